The average molecular weight is 410 g/mol. The smallest absolute Gasteiger partial charge is 0.253 e. The van der Waals surface area contributed by atoms with E-state index in [1.807, 2.05) is 0 Å². The maximum absolute atomic E-state index is 13.8. The lowest BCUT2D eigenvalue weighted by Gasteiger charge is -2.35. The summed E-state index contributed by atoms with van der Waals surface area (Å²) < 4.78 is 80.4. The fraction of sp³-hybridized carbons (Fsp3) is 0.267. The Morgan fingerprint density at radius 1 is 0.885 bits per heavy atom. The first-order valence-corrected chi connectivity index (χ1v) is 9.24. The summed E-state index contributed by atoms with van der Waals surface area (Å²) in [6, 6.07) is 5.55. The maximum Gasteiger partial charge on any atom is 0.253 e. The highest BCUT2D eigenvalue weighted by atomic mass is 35.5. The Kier molecular flexibility index (Phi) is 5.09. The van der Waals surface area contributed by atoms with Crippen LogP contribution in [0.1, 0.15) is 0 Å². The largest absolute Gasteiger partial charge is 0.364 e. The van der Waals surface area contributed by atoms with Crippen molar-refractivity contribution in [3.8, 4) is 0 Å². The molecule has 1 saturated heterocycles. The summed E-state index contributed by atoms with van der Waals surface area (Å²) in [5, 5.41) is 0.376. The van der Waals surface area contributed by atoms with Gasteiger partial charge in [0.15, 0.2) is 0 Å². The second-order valence-corrected chi connectivity index (χ2v) is 7.89. The van der Waals surface area contributed by atoms with Crippen molar-refractivity contribution in [1.29, 1.82) is 0 Å². The van der Waals surface area contributed by atoms with Crippen molar-refractivity contribution >= 4 is 27.3 Å². The predicted octanol–water partition coefficient (Wildman–Crippen LogP) is 2.80. The molecule has 26 heavy (non-hydrogen) atoms. The van der Waals surface area contributed by atoms with Crippen LogP contribution in [0.4, 0.5) is 23.2 Å². The second kappa shape index (κ2) is 7.01. The molecule has 0 atom stereocenters. The van der Waals surface area contributed by atoms with Gasteiger partial charge in [-0.25, -0.2) is 8.42 Å². The number of pyridine rings is 1. The van der Waals surface area contributed by atoms with E-state index in [0.717, 1.165) is 9.21 Å². The molecule has 1 aliphatic heterocycles. The summed E-state index contributed by atoms with van der Waals surface area (Å²) >= 11 is 5.74. The van der Waals surface area contributed by atoms with Gasteiger partial charge in [-0.3, -0.25) is 0 Å². The van der Waals surface area contributed by atoms with Crippen molar-refractivity contribution in [2.75, 3.05) is 31.1 Å². The molecule has 0 bridgehead atoms. The summed E-state index contributed by atoms with van der Waals surface area (Å²) in [5.74, 6) is -6.74. The normalized spacial score (nSPS) is 16.1. The van der Waals surface area contributed by atoms with Gasteiger partial charge in [-0.1, -0.05) is 11.6 Å². The summed E-state index contributed by atoms with van der Waals surface area (Å²) in [6.45, 7) is -0.530. The fourth-order valence-corrected chi connectivity index (χ4v) is 4.21. The molecule has 140 valence electrons. The molecule has 1 aromatic heterocycles. The van der Waals surface area contributed by atoms with Gasteiger partial charge in [-0.05, 0) is 24.3 Å². The number of sulfonamides is 1. The van der Waals surface area contributed by atoms with Gasteiger partial charge in [0.25, 0.3) is 11.9 Å². The number of rotatable bonds is 3. The zero-order valence-corrected chi connectivity index (χ0v) is 14.7. The van der Waals surface area contributed by atoms with Crippen molar-refractivity contribution in [3.05, 3.63) is 52.8 Å². The Bertz CT molecular complexity index is 907. The van der Waals surface area contributed by atoms with Crippen LogP contribution in [0.25, 0.3) is 0 Å². The molecule has 0 saturated carbocycles. The summed E-state index contributed by atoms with van der Waals surface area (Å²) in [6.07, 6.45) is 0. The summed E-state index contributed by atoms with van der Waals surface area (Å²) in [5.41, 5.74) is -0.890. The summed E-state index contributed by atoms with van der Waals surface area (Å²) in [7, 11) is -3.82. The number of piperazine rings is 1. The highest BCUT2D eigenvalue weighted by Crippen LogP contribution is 2.28. The third kappa shape index (κ3) is 3.36. The lowest BCUT2D eigenvalue weighted by molar-refractivity contribution is 0.369. The highest BCUT2D eigenvalue weighted by molar-refractivity contribution is 7.89. The Hall–Kier alpha value is -1.91. The molecule has 2 aromatic rings. The first-order chi connectivity index (χ1) is 12.2. The van der Waals surface area contributed by atoms with Gasteiger partial charge in [0.2, 0.25) is 21.7 Å². The van der Waals surface area contributed by atoms with Crippen LogP contribution in [0.5, 0.6) is 0 Å². The van der Waals surface area contributed by atoms with Crippen LogP contribution in [0.15, 0.2) is 29.2 Å². The van der Waals surface area contributed by atoms with Crippen LogP contribution in [0.2, 0.25) is 5.02 Å². The third-order valence-electron chi connectivity index (χ3n) is 3.98. The molecule has 3 rings (SSSR count). The maximum atomic E-state index is 13.8. The molecule has 0 amide bonds. The molecule has 0 radical (unpaired) electrons. The SMILES string of the molecule is O=S(=O)(c1ccc(Cl)cc1)N1CCN(c2c(F)c(F)nc(F)c2F)CC1. The van der Waals surface area contributed by atoms with Crippen LogP contribution < -0.4 is 4.90 Å². The number of halogens is 5. The molecule has 0 unspecified atom stereocenters. The molecule has 11 heteroatoms. The molecule has 1 aromatic carbocycles. The lowest BCUT2D eigenvalue weighted by Crippen LogP contribution is -2.49. The van der Waals surface area contributed by atoms with Gasteiger partial charge in [0.1, 0.15) is 5.69 Å². The zero-order valence-electron chi connectivity index (χ0n) is 13.1. The van der Waals surface area contributed by atoms with Gasteiger partial charge in [-0.15, -0.1) is 0 Å². The molecule has 1 aliphatic rings. The molecule has 2 heterocycles. The zero-order chi connectivity index (χ0) is 19.1. The van der Waals surface area contributed by atoms with E-state index in [4.69, 9.17) is 11.6 Å². The molecule has 0 N–H and O–H groups in total. The quantitative estimate of drug-likeness (QED) is 0.578. The average Bonchev–Trinajstić information content (AvgIpc) is 2.61. The van der Waals surface area contributed by atoms with Crippen LogP contribution in [0, 0.1) is 23.5 Å². The number of aromatic nitrogens is 1. The Morgan fingerprint density at radius 2 is 1.38 bits per heavy atom. The van der Waals surface area contributed by atoms with Crippen molar-refractivity contribution in [2.45, 2.75) is 4.90 Å². The standard InChI is InChI=1S/C15H12ClF4N3O2S/c16-9-1-3-10(4-2-9)26(24,25)23-7-5-22(6-8-23)13-11(17)14(19)21-15(20)12(13)18/h1-4H,5-8H2. The van der Waals surface area contributed by atoms with E-state index in [-0.39, 0.29) is 31.1 Å². The van der Waals surface area contributed by atoms with E-state index in [0.29, 0.717) is 5.02 Å². The van der Waals surface area contributed by atoms with Gasteiger partial charge in [0.05, 0.1) is 4.90 Å². The number of benzene rings is 1. The van der Waals surface area contributed by atoms with Gasteiger partial charge in [-0.2, -0.15) is 26.9 Å². The van der Waals surface area contributed by atoms with E-state index >= 15 is 0 Å². The van der Waals surface area contributed by atoms with E-state index in [1.54, 1.807) is 0 Å². The monoisotopic (exact) mass is 409 g/mol. The molecule has 0 aliphatic carbocycles. The van der Waals surface area contributed by atoms with E-state index < -0.39 is 39.2 Å². The first-order valence-electron chi connectivity index (χ1n) is 7.42. The van der Waals surface area contributed by atoms with Crippen molar-refractivity contribution in [1.82, 2.24) is 9.29 Å². The Balaban J connectivity index is 1.81. The van der Waals surface area contributed by atoms with Crippen molar-refractivity contribution in [2.24, 2.45) is 0 Å². The number of anilines is 1. The van der Waals surface area contributed by atoms with E-state index in [9.17, 15) is 26.0 Å². The second-order valence-electron chi connectivity index (χ2n) is 5.52. The summed E-state index contributed by atoms with van der Waals surface area (Å²) in [4.78, 5) is 3.57. The molecular weight excluding hydrogens is 398 g/mol. The van der Waals surface area contributed by atoms with Crippen molar-refractivity contribution in [3.63, 3.8) is 0 Å². The lowest BCUT2D eigenvalue weighted by atomic mass is 10.2. The third-order valence-corrected chi connectivity index (χ3v) is 6.15. The topological polar surface area (TPSA) is 53.5 Å². The number of nitrogens with zero attached hydrogens (tertiary/aromatic N) is 3. The Labute approximate surface area is 151 Å². The molecular formula is C15H12ClF4N3O2S. The molecule has 1 fully saturated rings. The number of hydrogen-bond donors (Lipinski definition) is 0. The predicted molar refractivity (Wildman–Crippen MR) is 86.5 cm³/mol. The van der Waals surface area contributed by atoms with Gasteiger partial charge < -0.3 is 4.90 Å². The van der Waals surface area contributed by atoms with Crippen LogP contribution in [-0.4, -0.2) is 43.9 Å². The minimum absolute atomic E-state index is 0.0220. The van der Waals surface area contributed by atoms with E-state index in [1.165, 1.54) is 24.3 Å². The van der Waals surface area contributed by atoms with Gasteiger partial charge in [0, 0.05) is 31.2 Å². The Morgan fingerprint density at radius 3 is 1.88 bits per heavy atom. The molecule has 5 nitrogen and oxygen atoms in total. The fourth-order valence-electron chi connectivity index (χ4n) is 2.66. The molecule has 0 spiro atoms. The number of hydrogen-bond acceptors (Lipinski definition) is 4. The van der Waals surface area contributed by atoms with Crippen LogP contribution >= 0.6 is 11.6 Å². The van der Waals surface area contributed by atoms with Crippen LogP contribution in [-0.2, 0) is 10.0 Å². The highest BCUT2D eigenvalue weighted by Gasteiger charge is 2.32. The minimum Gasteiger partial charge on any atom is -0.364 e. The minimum atomic E-state index is -3.82. The van der Waals surface area contributed by atoms with Gasteiger partial charge >= 0.3 is 0 Å². The van der Waals surface area contributed by atoms with E-state index in [2.05, 4.69) is 4.98 Å². The van der Waals surface area contributed by atoms with Crippen LogP contribution in [0.3, 0.4) is 0 Å². The van der Waals surface area contributed by atoms with Crippen molar-refractivity contribution < 1.29 is 26.0 Å². The first kappa shape index (κ1) is 18.9.